The van der Waals surface area contributed by atoms with E-state index in [9.17, 15) is 0 Å². The van der Waals surface area contributed by atoms with E-state index >= 15 is 0 Å². The van der Waals surface area contributed by atoms with Crippen molar-refractivity contribution in [3.63, 3.8) is 0 Å². The normalized spacial score (nSPS) is 23.9. The lowest BCUT2D eigenvalue weighted by Crippen LogP contribution is -2.54. The van der Waals surface area contributed by atoms with E-state index in [0.29, 0.717) is 12.1 Å². The quantitative estimate of drug-likeness (QED) is 0.931. The van der Waals surface area contributed by atoms with Crippen LogP contribution in [0.2, 0.25) is 0 Å². The molecule has 0 radical (unpaired) electrons. The van der Waals surface area contributed by atoms with Gasteiger partial charge in [-0.15, -0.1) is 0 Å². The highest BCUT2D eigenvalue weighted by Gasteiger charge is 2.24. The fraction of sp³-hybridized carbons (Fsp3) is 0.438. The average Bonchev–Trinajstić information content (AvgIpc) is 2.93. The van der Waals surface area contributed by atoms with Crippen LogP contribution >= 0.6 is 0 Å². The minimum Gasteiger partial charge on any atom is -0.356 e. The molecule has 4 nitrogen and oxygen atoms in total. The van der Waals surface area contributed by atoms with Crippen molar-refractivity contribution in [2.45, 2.75) is 32.5 Å². The molecule has 0 aliphatic carbocycles. The molecule has 1 aromatic heterocycles. The molecule has 2 heterocycles. The smallest absolute Gasteiger partial charge is 0.167 e. The molecule has 0 bridgehead atoms. The number of piperazine rings is 1. The number of hydrogen-bond acceptors (Lipinski definition) is 4. The molecule has 106 valence electrons. The second-order valence-corrected chi connectivity index (χ2v) is 5.50. The molecule has 0 amide bonds. The third-order valence-corrected chi connectivity index (χ3v) is 4.15. The average molecular weight is 271 g/mol. The Balaban J connectivity index is 1.71. The zero-order chi connectivity index (χ0) is 13.9. The van der Waals surface area contributed by atoms with Crippen molar-refractivity contribution in [1.82, 2.24) is 15.4 Å². The van der Waals surface area contributed by atoms with E-state index < -0.39 is 0 Å². The van der Waals surface area contributed by atoms with E-state index in [-0.39, 0.29) is 0 Å². The molecular formula is C16H21N3O. The first-order valence-corrected chi connectivity index (χ1v) is 7.22. The number of nitrogens with one attached hydrogen (secondary N) is 1. The second-order valence-electron chi connectivity index (χ2n) is 5.50. The lowest BCUT2D eigenvalue weighted by atomic mass is 10.1. The summed E-state index contributed by atoms with van der Waals surface area (Å²) in [5, 5.41) is 7.70. The Labute approximate surface area is 119 Å². The fourth-order valence-electron chi connectivity index (χ4n) is 2.68. The predicted molar refractivity (Wildman–Crippen MR) is 79.3 cm³/mol. The van der Waals surface area contributed by atoms with Gasteiger partial charge >= 0.3 is 0 Å². The van der Waals surface area contributed by atoms with Crippen LogP contribution in [0.1, 0.15) is 19.5 Å². The van der Waals surface area contributed by atoms with Crippen LogP contribution in [0.4, 0.5) is 0 Å². The maximum absolute atomic E-state index is 5.46. The first-order valence-electron chi connectivity index (χ1n) is 7.22. The highest BCUT2D eigenvalue weighted by molar-refractivity contribution is 5.56. The molecule has 2 aromatic rings. The van der Waals surface area contributed by atoms with Gasteiger partial charge in [0.15, 0.2) is 5.76 Å². The lowest BCUT2D eigenvalue weighted by molar-refractivity contribution is 0.128. The Morgan fingerprint density at radius 3 is 2.90 bits per heavy atom. The lowest BCUT2D eigenvalue weighted by Gasteiger charge is -2.38. The Morgan fingerprint density at radius 2 is 2.10 bits per heavy atom. The van der Waals surface area contributed by atoms with Crippen molar-refractivity contribution in [3.8, 4) is 11.3 Å². The Bertz CT molecular complexity index is 552. The molecule has 2 unspecified atom stereocenters. The molecule has 4 heteroatoms. The Hall–Kier alpha value is -1.65. The topological polar surface area (TPSA) is 41.3 Å². The third-order valence-electron chi connectivity index (χ3n) is 4.15. The van der Waals surface area contributed by atoms with E-state index in [4.69, 9.17) is 4.52 Å². The minimum absolute atomic E-state index is 0.514. The zero-order valence-corrected chi connectivity index (χ0v) is 12.0. The van der Waals surface area contributed by atoms with Crippen molar-refractivity contribution >= 4 is 0 Å². The van der Waals surface area contributed by atoms with E-state index in [1.807, 2.05) is 30.3 Å². The largest absolute Gasteiger partial charge is 0.356 e. The standard InChI is InChI=1S/C16H21N3O/c1-12-13(2)19(9-8-17-12)11-15-10-16(20-18-15)14-6-4-3-5-7-14/h3-7,10,12-13,17H,8-9,11H2,1-2H3. The molecule has 20 heavy (non-hydrogen) atoms. The fourth-order valence-corrected chi connectivity index (χ4v) is 2.68. The van der Waals surface area contributed by atoms with E-state index in [0.717, 1.165) is 36.7 Å². The van der Waals surface area contributed by atoms with Crippen LogP contribution in [0.5, 0.6) is 0 Å². The molecule has 3 rings (SSSR count). The van der Waals surface area contributed by atoms with Crippen LogP contribution in [0, 0.1) is 0 Å². The van der Waals surface area contributed by atoms with Gasteiger partial charge in [0.1, 0.15) is 0 Å². The van der Waals surface area contributed by atoms with Crippen molar-refractivity contribution in [2.24, 2.45) is 0 Å². The Kier molecular flexibility index (Phi) is 3.85. The van der Waals surface area contributed by atoms with Crippen LogP contribution in [0.25, 0.3) is 11.3 Å². The maximum atomic E-state index is 5.46. The second kappa shape index (κ2) is 5.77. The van der Waals surface area contributed by atoms with Crippen molar-refractivity contribution < 1.29 is 4.52 Å². The van der Waals surface area contributed by atoms with Crippen LogP contribution in [0.3, 0.4) is 0 Å². The summed E-state index contributed by atoms with van der Waals surface area (Å²) < 4.78 is 5.46. The number of benzene rings is 1. The van der Waals surface area contributed by atoms with Gasteiger partial charge in [-0.05, 0) is 13.8 Å². The summed E-state index contributed by atoms with van der Waals surface area (Å²) in [6, 6.07) is 13.2. The SMILES string of the molecule is CC1NCCN(Cc2cc(-c3ccccc3)on2)C1C. The monoisotopic (exact) mass is 271 g/mol. The van der Waals surface area contributed by atoms with Gasteiger partial charge in [-0.2, -0.15) is 0 Å². The first kappa shape index (κ1) is 13.3. The molecule has 1 aromatic carbocycles. The molecule has 1 aliphatic heterocycles. The molecular weight excluding hydrogens is 250 g/mol. The molecule has 1 N–H and O–H groups in total. The van der Waals surface area contributed by atoms with Gasteiger partial charge in [0.2, 0.25) is 0 Å². The summed E-state index contributed by atoms with van der Waals surface area (Å²) in [5.74, 6) is 0.844. The number of nitrogens with zero attached hydrogens (tertiary/aromatic N) is 2. The van der Waals surface area contributed by atoms with Crippen LogP contribution in [0.15, 0.2) is 40.9 Å². The summed E-state index contributed by atoms with van der Waals surface area (Å²) in [6.45, 7) is 7.43. The zero-order valence-electron chi connectivity index (χ0n) is 12.0. The van der Waals surface area contributed by atoms with E-state index in [1.165, 1.54) is 0 Å². The molecule has 0 saturated carbocycles. The summed E-state index contributed by atoms with van der Waals surface area (Å²) >= 11 is 0. The van der Waals surface area contributed by atoms with Crippen LogP contribution in [-0.4, -0.2) is 35.2 Å². The van der Waals surface area contributed by atoms with Crippen LogP contribution < -0.4 is 5.32 Å². The molecule has 1 saturated heterocycles. The van der Waals surface area contributed by atoms with Gasteiger partial charge in [0.05, 0.1) is 5.69 Å². The Morgan fingerprint density at radius 1 is 1.30 bits per heavy atom. The number of hydrogen-bond donors (Lipinski definition) is 1. The molecule has 1 aliphatic rings. The van der Waals surface area contributed by atoms with Crippen molar-refractivity contribution in [2.75, 3.05) is 13.1 Å². The maximum Gasteiger partial charge on any atom is 0.167 e. The third kappa shape index (κ3) is 2.76. The first-order chi connectivity index (χ1) is 9.74. The van der Waals surface area contributed by atoms with Crippen LogP contribution in [-0.2, 0) is 6.54 Å². The molecule has 2 atom stereocenters. The van der Waals surface area contributed by atoms with Gasteiger partial charge < -0.3 is 9.84 Å². The molecule has 0 spiro atoms. The van der Waals surface area contributed by atoms with Gasteiger partial charge in [-0.3, -0.25) is 4.90 Å². The van der Waals surface area contributed by atoms with Gasteiger partial charge in [-0.25, -0.2) is 0 Å². The van der Waals surface area contributed by atoms with Gasteiger partial charge in [0, 0.05) is 43.3 Å². The highest BCUT2D eigenvalue weighted by atomic mass is 16.5. The van der Waals surface area contributed by atoms with Crippen molar-refractivity contribution in [3.05, 3.63) is 42.1 Å². The molecule has 1 fully saturated rings. The number of aromatic nitrogens is 1. The summed E-state index contributed by atoms with van der Waals surface area (Å²) in [6.07, 6.45) is 0. The summed E-state index contributed by atoms with van der Waals surface area (Å²) in [5.41, 5.74) is 2.08. The predicted octanol–water partition coefficient (Wildman–Crippen LogP) is 2.52. The van der Waals surface area contributed by atoms with E-state index in [2.05, 4.69) is 35.3 Å². The highest BCUT2D eigenvalue weighted by Crippen LogP contribution is 2.21. The summed E-state index contributed by atoms with van der Waals surface area (Å²) in [7, 11) is 0. The van der Waals surface area contributed by atoms with Gasteiger partial charge in [-0.1, -0.05) is 35.5 Å². The van der Waals surface area contributed by atoms with Crippen molar-refractivity contribution in [1.29, 1.82) is 0 Å². The number of rotatable bonds is 3. The summed E-state index contributed by atoms with van der Waals surface area (Å²) in [4.78, 5) is 2.45. The minimum atomic E-state index is 0.514. The van der Waals surface area contributed by atoms with E-state index in [1.54, 1.807) is 0 Å². The van der Waals surface area contributed by atoms with Gasteiger partial charge in [0.25, 0.3) is 0 Å².